The Morgan fingerprint density at radius 3 is 2.63 bits per heavy atom. The molecule has 4 nitrogen and oxygen atoms in total. The highest BCUT2D eigenvalue weighted by Gasteiger charge is 2.17. The van der Waals surface area contributed by atoms with E-state index in [0.29, 0.717) is 0 Å². The average Bonchev–Trinajstić information content (AvgIpc) is 2.34. The quantitative estimate of drug-likeness (QED) is 0.786. The van der Waals surface area contributed by atoms with E-state index in [0.717, 1.165) is 23.9 Å². The summed E-state index contributed by atoms with van der Waals surface area (Å²) >= 11 is 0.881. The van der Waals surface area contributed by atoms with E-state index in [-0.39, 0.29) is 17.1 Å². The first-order chi connectivity index (χ1) is 8.93. The first kappa shape index (κ1) is 15.4. The van der Waals surface area contributed by atoms with Gasteiger partial charge in [-0.1, -0.05) is 6.92 Å². The molecule has 0 radical (unpaired) electrons. The zero-order valence-corrected chi connectivity index (χ0v) is 11.0. The van der Waals surface area contributed by atoms with Crippen LogP contribution >= 0.6 is 11.8 Å². The van der Waals surface area contributed by atoms with Gasteiger partial charge in [-0.15, -0.1) is 11.8 Å². The van der Waals surface area contributed by atoms with Gasteiger partial charge >= 0.3 is 5.97 Å². The minimum atomic E-state index is -1.12. The van der Waals surface area contributed by atoms with Gasteiger partial charge in [0.2, 0.25) is 5.91 Å². The van der Waals surface area contributed by atoms with Crippen LogP contribution in [0.3, 0.4) is 0 Å². The summed E-state index contributed by atoms with van der Waals surface area (Å²) in [5.41, 5.74) is 0. The van der Waals surface area contributed by atoms with Crippen LogP contribution in [0.4, 0.5) is 8.78 Å². The Bertz CT molecular complexity index is 482. The second kappa shape index (κ2) is 7.08. The molecule has 0 fully saturated rings. The van der Waals surface area contributed by atoms with Gasteiger partial charge in [-0.3, -0.25) is 4.79 Å². The summed E-state index contributed by atoms with van der Waals surface area (Å²) < 4.78 is 25.9. The van der Waals surface area contributed by atoms with E-state index in [9.17, 15) is 18.4 Å². The lowest BCUT2D eigenvalue weighted by atomic mass is 10.2. The number of carbonyl (C=O) groups excluding carboxylic acids is 1. The van der Waals surface area contributed by atoms with Gasteiger partial charge in [0, 0.05) is 11.0 Å². The van der Waals surface area contributed by atoms with Gasteiger partial charge in [-0.05, 0) is 18.6 Å². The highest BCUT2D eigenvalue weighted by molar-refractivity contribution is 8.00. The van der Waals surface area contributed by atoms with Gasteiger partial charge < -0.3 is 10.4 Å². The van der Waals surface area contributed by atoms with Crippen LogP contribution < -0.4 is 5.32 Å². The molecule has 7 heteroatoms. The molecule has 1 aromatic rings. The fourth-order valence-corrected chi connectivity index (χ4v) is 2.04. The number of benzene rings is 1. The molecule has 1 amide bonds. The zero-order chi connectivity index (χ0) is 14.4. The maximum Gasteiger partial charge on any atom is 0.326 e. The smallest absolute Gasteiger partial charge is 0.326 e. The van der Waals surface area contributed by atoms with Crippen molar-refractivity contribution in [3.8, 4) is 0 Å². The number of aliphatic carboxylic acids is 1. The summed E-state index contributed by atoms with van der Waals surface area (Å²) in [6.07, 6.45) is 0.261. The Morgan fingerprint density at radius 2 is 2.11 bits per heavy atom. The molecule has 0 aliphatic heterocycles. The van der Waals surface area contributed by atoms with Crippen molar-refractivity contribution in [1.29, 1.82) is 0 Å². The number of carboxylic acid groups (broad SMARTS) is 1. The van der Waals surface area contributed by atoms with Crippen molar-refractivity contribution in [2.24, 2.45) is 0 Å². The molecule has 2 N–H and O–H groups in total. The number of hydrogen-bond acceptors (Lipinski definition) is 3. The third kappa shape index (κ3) is 4.86. The van der Waals surface area contributed by atoms with Crippen molar-refractivity contribution in [2.45, 2.75) is 24.3 Å². The van der Waals surface area contributed by atoms with Crippen LogP contribution in [-0.4, -0.2) is 28.8 Å². The van der Waals surface area contributed by atoms with Crippen LogP contribution in [0, 0.1) is 11.6 Å². The van der Waals surface area contributed by atoms with Gasteiger partial charge in [-0.25, -0.2) is 13.6 Å². The minimum absolute atomic E-state index is 0.133. The first-order valence-electron chi connectivity index (χ1n) is 5.54. The highest BCUT2D eigenvalue weighted by atomic mass is 32.2. The molecule has 0 aromatic heterocycles. The molecule has 0 bridgehead atoms. The Morgan fingerprint density at radius 1 is 1.42 bits per heavy atom. The van der Waals surface area contributed by atoms with Crippen molar-refractivity contribution < 1.29 is 23.5 Å². The van der Waals surface area contributed by atoms with E-state index < -0.39 is 29.6 Å². The maximum atomic E-state index is 13.3. The second-order valence-corrected chi connectivity index (χ2v) is 4.75. The summed E-state index contributed by atoms with van der Waals surface area (Å²) in [6.45, 7) is 1.63. The summed E-state index contributed by atoms with van der Waals surface area (Å²) in [5.74, 6) is -3.20. The second-order valence-electron chi connectivity index (χ2n) is 3.73. The Hall–Kier alpha value is -1.63. The van der Waals surface area contributed by atoms with Crippen LogP contribution in [0.15, 0.2) is 23.1 Å². The third-order valence-corrected chi connectivity index (χ3v) is 3.34. The minimum Gasteiger partial charge on any atom is -0.480 e. The van der Waals surface area contributed by atoms with Crippen molar-refractivity contribution in [1.82, 2.24) is 5.32 Å². The van der Waals surface area contributed by atoms with Crippen molar-refractivity contribution in [3.05, 3.63) is 29.8 Å². The predicted molar refractivity (Wildman–Crippen MR) is 66.9 cm³/mol. The normalized spacial score (nSPS) is 11.9. The number of carbonyl (C=O) groups is 2. The monoisotopic (exact) mass is 289 g/mol. The molecule has 1 unspecified atom stereocenters. The van der Waals surface area contributed by atoms with Gasteiger partial charge in [0.1, 0.15) is 17.7 Å². The molecule has 0 saturated carbocycles. The van der Waals surface area contributed by atoms with Crippen molar-refractivity contribution in [3.63, 3.8) is 0 Å². The van der Waals surface area contributed by atoms with E-state index in [4.69, 9.17) is 5.11 Å². The van der Waals surface area contributed by atoms with Crippen LogP contribution in [0.5, 0.6) is 0 Å². The Kier molecular flexibility index (Phi) is 5.75. The van der Waals surface area contributed by atoms with Crippen LogP contribution in [0.2, 0.25) is 0 Å². The van der Waals surface area contributed by atoms with Crippen molar-refractivity contribution in [2.75, 3.05) is 5.75 Å². The average molecular weight is 289 g/mol. The predicted octanol–water partition coefficient (Wildman–Crippen LogP) is 2.04. The third-order valence-electron chi connectivity index (χ3n) is 2.29. The molecule has 0 heterocycles. The maximum absolute atomic E-state index is 13.3. The number of thioether (sulfide) groups is 1. The summed E-state index contributed by atoms with van der Waals surface area (Å²) in [6, 6.07) is 2.10. The summed E-state index contributed by atoms with van der Waals surface area (Å²) in [7, 11) is 0. The first-order valence-corrected chi connectivity index (χ1v) is 6.52. The topological polar surface area (TPSA) is 66.4 Å². The molecule has 19 heavy (non-hydrogen) atoms. The van der Waals surface area contributed by atoms with Crippen LogP contribution in [0.25, 0.3) is 0 Å². The SMILES string of the molecule is CCC(NC(=O)CSc1ccc(F)cc1F)C(=O)O. The van der Waals surface area contributed by atoms with E-state index in [2.05, 4.69) is 5.32 Å². The molecule has 104 valence electrons. The van der Waals surface area contributed by atoms with Crippen molar-refractivity contribution >= 4 is 23.6 Å². The van der Waals surface area contributed by atoms with Gasteiger partial charge in [-0.2, -0.15) is 0 Å². The lowest BCUT2D eigenvalue weighted by Crippen LogP contribution is -2.41. The molecular weight excluding hydrogens is 276 g/mol. The number of halogens is 2. The largest absolute Gasteiger partial charge is 0.480 e. The Balaban J connectivity index is 2.52. The lowest BCUT2D eigenvalue weighted by Gasteiger charge is -2.12. The molecule has 0 aliphatic rings. The van der Waals surface area contributed by atoms with Crippen LogP contribution in [-0.2, 0) is 9.59 Å². The molecule has 1 rings (SSSR count). The van der Waals surface area contributed by atoms with E-state index in [1.165, 1.54) is 6.07 Å². The van der Waals surface area contributed by atoms with E-state index >= 15 is 0 Å². The van der Waals surface area contributed by atoms with Crippen LogP contribution in [0.1, 0.15) is 13.3 Å². The number of carboxylic acids is 1. The fourth-order valence-electron chi connectivity index (χ4n) is 1.31. The number of hydrogen-bond donors (Lipinski definition) is 2. The summed E-state index contributed by atoms with van der Waals surface area (Å²) in [4.78, 5) is 22.3. The molecule has 0 saturated heterocycles. The summed E-state index contributed by atoms with van der Waals surface area (Å²) in [5, 5.41) is 11.1. The standard InChI is InChI=1S/C12H13F2NO3S/c1-2-9(12(17)18)15-11(16)6-19-10-4-3-7(13)5-8(10)14/h3-5,9H,2,6H2,1H3,(H,15,16)(H,17,18). The van der Waals surface area contributed by atoms with E-state index in [1.807, 2.05) is 0 Å². The Labute approximate surface area is 113 Å². The van der Waals surface area contributed by atoms with Gasteiger partial charge in [0.15, 0.2) is 0 Å². The van der Waals surface area contributed by atoms with Gasteiger partial charge in [0.05, 0.1) is 5.75 Å². The van der Waals surface area contributed by atoms with E-state index in [1.54, 1.807) is 6.92 Å². The number of amides is 1. The fraction of sp³-hybridized carbons (Fsp3) is 0.333. The molecule has 0 spiro atoms. The molecule has 1 atom stereocenters. The molecular formula is C12H13F2NO3S. The lowest BCUT2D eigenvalue weighted by molar-refractivity contribution is -0.141. The van der Waals surface area contributed by atoms with Gasteiger partial charge in [0.25, 0.3) is 0 Å². The number of rotatable bonds is 6. The molecule has 1 aromatic carbocycles. The highest BCUT2D eigenvalue weighted by Crippen LogP contribution is 2.22. The molecule has 0 aliphatic carbocycles. The zero-order valence-electron chi connectivity index (χ0n) is 10.2. The number of nitrogens with one attached hydrogen (secondary N) is 1.